The van der Waals surface area contributed by atoms with E-state index in [1.807, 2.05) is 6.92 Å². The van der Waals surface area contributed by atoms with Crippen molar-refractivity contribution in [3.05, 3.63) is 11.4 Å². The van der Waals surface area contributed by atoms with Crippen molar-refractivity contribution in [2.75, 3.05) is 12.3 Å². The monoisotopic (exact) mass is 195 g/mol. The standard InChI is InChI=1S/C10H17N3O/c1-6(2)5-14-10-7(3)9(11)12-8(4)13-10/h6H,5H2,1-4H3,(H2,11,12,13). The first-order valence-electron chi connectivity index (χ1n) is 4.74. The lowest BCUT2D eigenvalue weighted by molar-refractivity contribution is 0.259. The van der Waals surface area contributed by atoms with Crippen molar-refractivity contribution in [3.63, 3.8) is 0 Å². The van der Waals surface area contributed by atoms with Gasteiger partial charge < -0.3 is 10.5 Å². The Kier molecular flexibility index (Phi) is 3.28. The average molecular weight is 195 g/mol. The molecule has 0 fully saturated rings. The Balaban J connectivity index is 2.85. The van der Waals surface area contributed by atoms with Crippen LogP contribution in [0, 0.1) is 19.8 Å². The summed E-state index contributed by atoms with van der Waals surface area (Å²) in [5.41, 5.74) is 6.51. The van der Waals surface area contributed by atoms with Crippen molar-refractivity contribution in [2.45, 2.75) is 27.7 Å². The summed E-state index contributed by atoms with van der Waals surface area (Å²) in [6.07, 6.45) is 0. The summed E-state index contributed by atoms with van der Waals surface area (Å²) in [5, 5.41) is 0. The van der Waals surface area contributed by atoms with Gasteiger partial charge in [0.15, 0.2) is 0 Å². The van der Waals surface area contributed by atoms with E-state index in [1.165, 1.54) is 0 Å². The van der Waals surface area contributed by atoms with Crippen molar-refractivity contribution in [2.24, 2.45) is 5.92 Å². The quantitative estimate of drug-likeness (QED) is 0.797. The van der Waals surface area contributed by atoms with Gasteiger partial charge in [0.25, 0.3) is 0 Å². The van der Waals surface area contributed by atoms with E-state index in [0.717, 1.165) is 5.56 Å². The number of hydrogen-bond acceptors (Lipinski definition) is 4. The Morgan fingerprint density at radius 3 is 2.50 bits per heavy atom. The highest BCUT2D eigenvalue weighted by Gasteiger charge is 2.08. The molecule has 0 aromatic carbocycles. The number of rotatable bonds is 3. The third-order valence-electron chi connectivity index (χ3n) is 1.80. The third-order valence-corrected chi connectivity index (χ3v) is 1.80. The lowest BCUT2D eigenvalue weighted by atomic mass is 10.2. The molecule has 0 unspecified atom stereocenters. The van der Waals surface area contributed by atoms with Gasteiger partial charge in [0.2, 0.25) is 5.88 Å². The number of nitrogens with zero attached hydrogens (tertiary/aromatic N) is 2. The van der Waals surface area contributed by atoms with Crippen LogP contribution in [0.5, 0.6) is 5.88 Å². The minimum atomic E-state index is 0.478. The molecule has 0 saturated heterocycles. The fourth-order valence-corrected chi connectivity index (χ4v) is 1.01. The zero-order chi connectivity index (χ0) is 10.7. The Morgan fingerprint density at radius 1 is 1.29 bits per heavy atom. The van der Waals surface area contributed by atoms with E-state index in [-0.39, 0.29) is 0 Å². The number of anilines is 1. The summed E-state index contributed by atoms with van der Waals surface area (Å²) >= 11 is 0. The molecule has 4 heteroatoms. The van der Waals surface area contributed by atoms with Crippen molar-refractivity contribution in [3.8, 4) is 5.88 Å². The Hall–Kier alpha value is -1.32. The lowest BCUT2D eigenvalue weighted by Gasteiger charge is -2.11. The average Bonchev–Trinajstić information content (AvgIpc) is 2.08. The smallest absolute Gasteiger partial charge is 0.221 e. The highest BCUT2D eigenvalue weighted by atomic mass is 16.5. The minimum absolute atomic E-state index is 0.478. The first-order chi connectivity index (χ1) is 6.50. The zero-order valence-electron chi connectivity index (χ0n) is 9.16. The summed E-state index contributed by atoms with van der Waals surface area (Å²) in [7, 11) is 0. The van der Waals surface area contributed by atoms with Gasteiger partial charge in [-0.15, -0.1) is 0 Å². The fourth-order valence-electron chi connectivity index (χ4n) is 1.01. The Labute approximate surface area is 84.5 Å². The maximum Gasteiger partial charge on any atom is 0.221 e. The molecule has 14 heavy (non-hydrogen) atoms. The van der Waals surface area contributed by atoms with Gasteiger partial charge in [-0.05, 0) is 19.8 Å². The van der Waals surface area contributed by atoms with Gasteiger partial charge in [0.1, 0.15) is 11.6 Å². The summed E-state index contributed by atoms with van der Waals surface area (Å²) in [6.45, 7) is 8.50. The summed E-state index contributed by atoms with van der Waals surface area (Å²) in [5.74, 6) is 2.22. The molecule has 0 amide bonds. The molecule has 4 nitrogen and oxygen atoms in total. The van der Waals surface area contributed by atoms with Crippen molar-refractivity contribution >= 4 is 5.82 Å². The molecule has 1 heterocycles. The molecule has 2 N–H and O–H groups in total. The first kappa shape index (κ1) is 10.8. The highest BCUT2D eigenvalue weighted by Crippen LogP contribution is 2.19. The van der Waals surface area contributed by atoms with Crippen LogP contribution in [0.3, 0.4) is 0 Å². The fraction of sp³-hybridized carbons (Fsp3) is 0.600. The van der Waals surface area contributed by atoms with Crippen molar-refractivity contribution in [1.29, 1.82) is 0 Å². The second-order valence-electron chi connectivity index (χ2n) is 3.79. The number of nitrogens with two attached hydrogens (primary N) is 1. The molecule has 0 saturated carbocycles. The first-order valence-corrected chi connectivity index (χ1v) is 4.74. The van der Waals surface area contributed by atoms with E-state index < -0.39 is 0 Å². The SMILES string of the molecule is Cc1nc(N)c(C)c(OCC(C)C)n1. The molecule has 1 rings (SSSR count). The van der Waals surface area contributed by atoms with Crippen LogP contribution < -0.4 is 10.5 Å². The Morgan fingerprint density at radius 2 is 1.93 bits per heavy atom. The predicted octanol–water partition coefficient (Wildman–Crippen LogP) is 1.71. The molecule has 0 aliphatic heterocycles. The van der Waals surface area contributed by atoms with Gasteiger partial charge in [0.05, 0.1) is 12.2 Å². The van der Waals surface area contributed by atoms with Crippen LogP contribution in [0.2, 0.25) is 0 Å². The number of hydrogen-bond donors (Lipinski definition) is 1. The van der Waals surface area contributed by atoms with Gasteiger partial charge in [-0.2, -0.15) is 4.98 Å². The van der Waals surface area contributed by atoms with Crippen LogP contribution in [-0.2, 0) is 0 Å². The van der Waals surface area contributed by atoms with Gasteiger partial charge in [0, 0.05) is 0 Å². The molecule has 0 radical (unpaired) electrons. The van der Waals surface area contributed by atoms with E-state index in [9.17, 15) is 0 Å². The molecule has 0 aliphatic carbocycles. The van der Waals surface area contributed by atoms with Crippen LogP contribution in [0.25, 0.3) is 0 Å². The lowest BCUT2D eigenvalue weighted by Crippen LogP contribution is -2.09. The van der Waals surface area contributed by atoms with Gasteiger partial charge in [-0.3, -0.25) is 0 Å². The van der Waals surface area contributed by atoms with Gasteiger partial charge >= 0.3 is 0 Å². The largest absolute Gasteiger partial charge is 0.477 e. The molecule has 1 aromatic rings. The number of nitrogen functional groups attached to an aromatic ring is 1. The Bertz CT molecular complexity index is 323. The number of ether oxygens (including phenoxy) is 1. The van der Waals surface area contributed by atoms with E-state index in [4.69, 9.17) is 10.5 Å². The van der Waals surface area contributed by atoms with Crippen LogP contribution in [0.15, 0.2) is 0 Å². The van der Waals surface area contributed by atoms with E-state index in [0.29, 0.717) is 30.0 Å². The third kappa shape index (κ3) is 2.58. The summed E-state index contributed by atoms with van der Waals surface area (Å²) in [4.78, 5) is 8.24. The summed E-state index contributed by atoms with van der Waals surface area (Å²) < 4.78 is 5.53. The van der Waals surface area contributed by atoms with Crippen LogP contribution in [-0.4, -0.2) is 16.6 Å². The minimum Gasteiger partial charge on any atom is -0.477 e. The molecule has 0 aliphatic rings. The number of aryl methyl sites for hydroxylation is 1. The van der Waals surface area contributed by atoms with Crippen LogP contribution >= 0.6 is 0 Å². The molecule has 0 atom stereocenters. The topological polar surface area (TPSA) is 61.0 Å². The molecule has 0 bridgehead atoms. The molecule has 0 spiro atoms. The van der Waals surface area contributed by atoms with E-state index in [1.54, 1.807) is 6.92 Å². The van der Waals surface area contributed by atoms with Crippen LogP contribution in [0.1, 0.15) is 25.2 Å². The van der Waals surface area contributed by atoms with Crippen LogP contribution in [0.4, 0.5) is 5.82 Å². The zero-order valence-corrected chi connectivity index (χ0v) is 9.16. The maximum absolute atomic E-state index is 5.70. The molecular weight excluding hydrogens is 178 g/mol. The normalized spacial score (nSPS) is 10.6. The highest BCUT2D eigenvalue weighted by molar-refractivity contribution is 5.44. The predicted molar refractivity (Wildman–Crippen MR) is 56.3 cm³/mol. The molecular formula is C10H17N3O. The second kappa shape index (κ2) is 4.26. The molecule has 78 valence electrons. The van der Waals surface area contributed by atoms with Gasteiger partial charge in [-0.1, -0.05) is 13.8 Å². The van der Waals surface area contributed by atoms with E-state index >= 15 is 0 Å². The van der Waals surface area contributed by atoms with Crippen molar-refractivity contribution in [1.82, 2.24) is 9.97 Å². The second-order valence-corrected chi connectivity index (χ2v) is 3.79. The maximum atomic E-state index is 5.70. The van der Waals surface area contributed by atoms with Gasteiger partial charge in [-0.25, -0.2) is 4.98 Å². The molecule has 1 aromatic heterocycles. The summed E-state index contributed by atoms with van der Waals surface area (Å²) in [6, 6.07) is 0. The van der Waals surface area contributed by atoms with E-state index in [2.05, 4.69) is 23.8 Å². The number of aromatic nitrogens is 2. The van der Waals surface area contributed by atoms with Crippen molar-refractivity contribution < 1.29 is 4.74 Å².